The Morgan fingerprint density at radius 1 is 1.11 bits per heavy atom. The van der Waals surface area contributed by atoms with Crippen LogP contribution in [0, 0.1) is 5.92 Å². The Kier molecular flexibility index (Phi) is 6.01. The van der Waals surface area contributed by atoms with Gasteiger partial charge in [-0.25, -0.2) is 13.1 Å². The number of carbonyl (C=O) groups is 1. The molecule has 0 bridgehead atoms. The van der Waals surface area contributed by atoms with E-state index in [2.05, 4.69) is 23.6 Å². The first kappa shape index (κ1) is 20.3. The molecular formula is C21H21ClN2O3S. The minimum Gasteiger partial charge on any atom is -0.274 e. The Balaban J connectivity index is 1.78. The minimum absolute atomic E-state index is 0.0346. The highest BCUT2D eigenvalue weighted by atomic mass is 35.5. The van der Waals surface area contributed by atoms with E-state index in [0.29, 0.717) is 11.3 Å². The summed E-state index contributed by atoms with van der Waals surface area (Å²) in [7, 11) is -4.10. The average Bonchev–Trinajstić information content (AvgIpc) is 2.61. The molecule has 5 nitrogen and oxygen atoms in total. The number of nitrogens with one attached hydrogen (secondary N) is 1. The second kappa shape index (κ2) is 8.29. The Morgan fingerprint density at radius 3 is 2.46 bits per heavy atom. The highest BCUT2D eigenvalue weighted by Gasteiger charge is 2.22. The summed E-state index contributed by atoms with van der Waals surface area (Å²) in [5.74, 6) is -0.0684. The Bertz CT molecular complexity index is 1110. The normalized spacial score (nSPS) is 11.7. The second-order valence-corrected chi connectivity index (χ2v) is 9.19. The van der Waals surface area contributed by atoms with Crippen LogP contribution < -0.4 is 4.72 Å². The monoisotopic (exact) mass is 416 g/mol. The molecule has 2 aromatic carbocycles. The molecular weight excluding hydrogens is 396 g/mol. The zero-order chi connectivity index (χ0) is 20.3. The van der Waals surface area contributed by atoms with Gasteiger partial charge in [0.2, 0.25) is 5.91 Å². The summed E-state index contributed by atoms with van der Waals surface area (Å²) in [5, 5.41) is 0.845. The number of rotatable bonds is 6. The summed E-state index contributed by atoms with van der Waals surface area (Å²) in [6, 6.07) is 14.0. The number of halogens is 1. The lowest BCUT2D eigenvalue weighted by Gasteiger charge is -2.10. The van der Waals surface area contributed by atoms with Crippen LogP contribution in [-0.2, 0) is 27.7 Å². The van der Waals surface area contributed by atoms with E-state index in [-0.39, 0.29) is 21.9 Å². The zero-order valence-corrected chi connectivity index (χ0v) is 17.2. The van der Waals surface area contributed by atoms with E-state index >= 15 is 0 Å². The number of carbonyl (C=O) groups excluding carboxylic acids is 1. The van der Waals surface area contributed by atoms with Crippen LogP contribution in [0.4, 0.5) is 0 Å². The summed E-state index contributed by atoms with van der Waals surface area (Å²) in [4.78, 5) is 16.4. The van der Waals surface area contributed by atoms with Crippen molar-refractivity contribution in [1.29, 1.82) is 0 Å². The lowest BCUT2D eigenvalue weighted by Crippen LogP contribution is -2.32. The fourth-order valence-electron chi connectivity index (χ4n) is 3.02. The molecule has 0 saturated carbocycles. The zero-order valence-electron chi connectivity index (χ0n) is 15.6. The van der Waals surface area contributed by atoms with Crippen LogP contribution in [-0.4, -0.2) is 19.3 Å². The van der Waals surface area contributed by atoms with Gasteiger partial charge in [0.25, 0.3) is 10.0 Å². The van der Waals surface area contributed by atoms with E-state index in [9.17, 15) is 13.2 Å². The molecule has 0 fully saturated rings. The van der Waals surface area contributed by atoms with Gasteiger partial charge in [-0.15, -0.1) is 0 Å². The van der Waals surface area contributed by atoms with Gasteiger partial charge in [0.05, 0.1) is 11.9 Å². The van der Waals surface area contributed by atoms with Crippen molar-refractivity contribution in [3.8, 4) is 0 Å². The molecule has 0 aliphatic rings. The van der Waals surface area contributed by atoms with Crippen molar-refractivity contribution in [3.63, 3.8) is 0 Å². The Labute approximate surface area is 169 Å². The first-order valence-electron chi connectivity index (χ1n) is 8.92. The number of benzene rings is 2. The van der Waals surface area contributed by atoms with Crippen LogP contribution in [0.2, 0.25) is 5.02 Å². The van der Waals surface area contributed by atoms with E-state index in [1.165, 1.54) is 17.8 Å². The molecule has 7 heteroatoms. The van der Waals surface area contributed by atoms with Crippen molar-refractivity contribution >= 4 is 38.4 Å². The van der Waals surface area contributed by atoms with Gasteiger partial charge in [-0.2, -0.15) is 0 Å². The Morgan fingerprint density at radius 2 is 1.79 bits per heavy atom. The molecule has 0 saturated heterocycles. The molecule has 28 heavy (non-hydrogen) atoms. The molecule has 1 amide bonds. The first-order chi connectivity index (χ1) is 13.2. The topological polar surface area (TPSA) is 76.1 Å². The summed E-state index contributed by atoms with van der Waals surface area (Å²) >= 11 is 6.04. The standard InChI is InChI=1S/C21H21ClN2O3S/c1-14(2)10-15-5-7-16(8-6-15)11-20(25)24-28(26,27)19-13-18(22)12-17-4-3-9-23-21(17)19/h3-9,12-14H,10-11H2,1-2H3,(H,24,25). The molecule has 1 aromatic heterocycles. The summed E-state index contributed by atoms with van der Waals surface area (Å²) in [5.41, 5.74) is 2.20. The third-order valence-electron chi connectivity index (χ3n) is 4.20. The molecule has 0 unspecified atom stereocenters. The quantitative estimate of drug-likeness (QED) is 0.655. The maximum absolute atomic E-state index is 12.7. The summed E-state index contributed by atoms with van der Waals surface area (Å²) < 4.78 is 27.6. The fourth-order valence-corrected chi connectivity index (χ4v) is 4.50. The van der Waals surface area contributed by atoms with Gasteiger partial charge in [-0.05, 0) is 41.7 Å². The number of pyridine rings is 1. The van der Waals surface area contributed by atoms with Gasteiger partial charge in [0, 0.05) is 16.6 Å². The van der Waals surface area contributed by atoms with Gasteiger partial charge in [-0.1, -0.05) is 55.8 Å². The van der Waals surface area contributed by atoms with Crippen molar-refractivity contribution in [2.24, 2.45) is 5.92 Å². The van der Waals surface area contributed by atoms with Gasteiger partial charge in [-0.3, -0.25) is 9.78 Å². The van der Waals surface area contributed by atoms with E-state index in [1.807, 2.05) is 24.3 Å². The molecule has 0 aliphatic carbocycles. The maximum atomic E-state index is 12.7. The van der Waals surface area contributed by atoms with Crippen LogP contribution >= 0.6 is 11.6 Å². The predicted octanol–water partition coefficient (Wildman–Crippen LogP) is 4.13. The van der Waals surface area contributed by atoms with Crippen molar-refractivity contribution < 1.29 is 13.2 Å². The van der Waals surface area contributed by atoms with Crippen LogP contribution in [0.1, 0.15) is 25.0 Å². The van der Waals surface area contributed by atoms with Crippen molar-refractivity contribution in [3.05, 3.63) is 70.9 Å². The number of aromatic nitrogens is 1. The molecule has 3 rings (SSSR count). The predicted molar refractivity (Wildman–Crippen MR) is 111 cm³/mol. The van der Waals surface area contributed by atoms with Crippen LogP contribution in [0.3, 0.4) is 0 Å². The van der Waals surface area contributed by atoms with Gasteiger partial charge in [0.15, 0.2) is 0 Å². The third-order valence-corrected chi connectivity index (χ3v) is 5.81. The van der Waals surface area contributed by atoms with E-state index in [4.69, 9.17) is 11.6 Å². The largest absolute Gasteiger partial charge is 0.274 e. The summed E-state index contributed by atoms with van der Waals surface area (Å²) in [6.07, 6.45) is 2.42. The van der Waals surface area contributed by atoms with E-state index < -0.39 is 15.9 Å². The molecule has 1 N–H and O–H groups in total. The molecule has 0 spiro atoms. The van der Waals surface area contributed by atoms with Crippen molar-refractivity contribution in [2.45, 2.75) is 31.6 Å². The number of hydrogen-bond acceptors (Lipinski definition) is 4. The molecule has 0 aliphatic heterocycles. The molecule has 3 aromatic rings. The highest BCUT2D eigenvalue weighted by Crippen LogP contribution is 2.25. The molecule has 0 radical (unpaired) electrons. The number of fused-ring (bicyclic) bond motifs is 1. The number of nitrogens with zero attached hydrogens (tertiary/aromatic N) is 1. The van der Waals surface area contributed by atoms with Gasteiger partial charge < -0.3 is 0 Å². The maximum Gasteiger partial charge on any atom is 0.266 e. The highest BCUT2D eigenvalue weighted by molar-refractivity contribution is 7.90. The van der Waals surface area contributed by atoms with Crippen LogP contribution in [0.15, 0.2) is 59.6 Å². The smallest absolute Gasteiger partial charge is 0.266 e. The Hall–Kier alpha value is -2.44. The van der Waals surface area contributed by atoms with E-state index in [0.717, 1.165) is 12.0 Å². The van der Waals surface area contributed by atoms with Gasteiger partial charge in [0.1, 0.15) is 4.90 Å². The lowest BCUT2D eigenvalue weighted by molar-refractivity contribution is -0.118. The fraction of sp³-hybridized carbons (Fsp3) is 0.238. The average molecular weight is 417 g/mol. The molecule has 146 valence electrons. The third kappa shape index (κ3) is 4.88. The van der Waals surface area contributed by atoms with Crippen molar-refractivity contribution in [2.75, 3.05) is 0 Å². The van der Waals surface area contributed by atoms with E-state index in [1.54, 1.807) is 18.2 Å². The van der Waals surface area contributed by atoms with Crippen LogP contribution in [0.5, 0.6) is 0 Å². The van der Waals surface area contributed by atoms with Gasteiger partial charge >= 0.3 is 0 Å². The van der Waals surface area contributed by atoms with Crippen LogP contribution in [0.25, 0.3) is 10.9 Å². The lowest BCUT2D eigenvalue weighted by atomic mass is 10.0. The minimum atomic E-state index is -4.10. The first-order valence-corrected chi connectivity index (χ1v) is 10.8. The molecule has 0 atom stereocenters. The SMILES string of the molecule is CC(C)Cc1ccc(CC(=O)NS(=O)(=O)c2cc(Cl)cc3cccnc23)cc1. The number of amides is 1. The number of sulfonamides is 1. The second-order valence-electron chi connectivity index (χ2n) is 7.10. The van der Waals surface area contributed by atoms with Crippen molar-refractivity contribution in [1.82, 2.24) is 9.71 Å². The summed E-state index contributed by atoms with van der Waals surface area (Å²) in [6.45, 7) is 4.28. The number of hydrogen-bond donors (Lipinski definition) is 1. The molecule has 1 heterocycles.